The van der Waals surface area contributed by atoms with E-state index in [-0.39, 0.29) is 6.61 Å². The van der Waals surface area contributed by atoms with Crippen molar-refractivity contribution in [2.24, 2.45) is 0 Å². The third-order valence-electron chi connectivity index (χ3n) is 3.67. The van der Waals surface area contributed by atoms with Gasteiger partial charge in [0.15, 0.2) is 18.2 Å². The van der Waals surface area contributed by atoms with Gasteiger partial charge in [0, 0.05) is 38.6 Å². The summed E-state index contributed by atoms with van der Waals surface area (Å²) in [6, 6.07) is 0. The Balaban J connectivity index is 1.64. The zero-order valence-corrected chi connectivity index (χ0v) is 12.6. The molecule has 0 aromatic carbocycles. The Kier molecular flexibility index (Phi) is 4.75. The zero-order chi connectivity index (χ0) is 15.2. The summed E-state index contributed by atoms with van der Waals surface area (Å²) in [5, 5.41) is 0. The van der Waals surface area contributed by atoms with Gasteiger partial charge in [-0.25, -0.2) is 9.97 Å². The smallest absolute Gasteiger partial charge is 0.258 e. The van der Waals surface area contributed by atoms with Gasteiger partial charge in [-0.05, 0) is 6.54 Å². The topological polar surface area (TPSA) is 60.0 Å². The highest BCUT2D eigenvalue weighted by Crippen LogP contribution is 2.24. The maximum absolute atomic E-state index is 5.75. The Morgan fingerprint density at radius 1 is 1.14 bits per heavy atom. The van der Waals surface area contributed by atoms with Gasteiger partial charge in [-0.2, -0.15) is 0 Å². The molecule has 1 aromatic rings. The molecule has 0 bridgehead atoms. The van der Waals surface area contributed by atoms with Crippen LogP contribution in [0, 0.1) is 0 Å². The van der Waals surface area contributed by atoms with E-state index >= 15 is 0 Å². The first kappa shape index (κ1) is 14.6. The fourth-order valence-corrected chi connectivity index (χ4v) is 2.41. The van der Waals surface area contributed by atoms with Gasteiger partial charge in [0.25, 0.3) is 5.88 Å². The van der Waals surface area contributed by atoms with Crippen LogP contribution >= 0.6 is 0 Å². The highest BCUT2D eigenvalue weighted by Gasteiger charge is 2.21. The van der Waals surface area contributed by atoms with Crippen LogP contribution in [0.4, 0.5) is 5.82 Å². The van der Waals surface area contributed by atoms with Gasteiger partial charge < -0.3 is 24.0 Å². The molecular formula is C15H20N4O3. The number of ether oxygens (including phenoxy) is 3. The molecule has 7 heteroatoms. The molecule has 0 amide bonds. The molecule has 0 radical (unpaired) electrons. The minimum Gasteiger partial charge on any atom is -0.467 e. The molecule has 0 saturated carbocycles. The quantitative estimate of drug-likeness (QED) is 0.814. The minimum atomic E-state index is 0.255. The average molecular weight is 304 g/mol. The van der Waals surface area contributed by atoms with Gasteiger partial charge in [0.2, 0.25) is 0 Å². The highest BCUT2D eigenvalue weighted by molar-refractivity contribution is 5.48. The van der Waals surface area contributed by atoms with Crippen LogP contribution in [-0.2, 0) is 9.47 Å². The third-order valence-corrected chi connectivity index (χ3v) is 3.67. The maximum atomic E-state index is 5.75. The van der Waals surface area contributed by atoms with Crippen LogP contribution < -0.4 is 9.64 Å². The lowest BCUT2D eigenvalue weighted by atomic mass is 10.3. The van der Waals surface area contributed by atoms with E-state index in [0.29, 0.717) is 11.6 Å². The summed E-state index contributed by atoms with van der Waals surface area (Å²) in [4.78, 5) is 13.4. The Morgan fingerprint density at radius 2 is 1.95 bits per heavy atom. The van der Waals surface area contributed by atoms with Crippen molar-refractivity contribution in [3.05, 3.63) is 36.9 Å². The van der Waals surface area contributed by atoms with Gasteiger partial charge in [-0.15, -0.1) is 0 Å². The van der Waals surface area contributed by atoms with Crippen molar-refractivity contribution in [3.8, 4) is 5.88 Å². The Bertz CT molecular complexity index is 553. The number of nitrogens with zero attached hydrogens (tertiary/aromatic N) is 4. The highest BCUT2D eigenvalue weighted by atomic mass is 16.6. The van der Waals surface area contributed by atoms with E-state index in [2.05, 4.69) is 26.7 Å². The van der Waals surface area contributed by atoms with Crippen LogP contribution in [0.3, 0.4) is 0 Å². The molecule has 0 unspecified atom stereocenters. The van der Waals surface area contributed by atoms with Crippen molar-refractivity contribution in [2.45, 2.75) is 6.92 Å². The van der Waals surface area contributed by atoms with Gasteiger partial charge in [0.1, 0.15) is 18.8 Å². The number of hydrogen-bond acceptors (Lipinski definition) is 7. The number of hydrogen-bond donors (Lipinski definition) is 0. The fourth-order valence-electron chi connectivity index (χ4n) is 2.41. The second kappa shape index (κ2) is 7.13. The van der Waals surface area contributed by atoms with E-state index in [9.17, 15) is 0 Å². The van der Waals surface area contributed by atoms with Crippen LogP contribution in [0.2, 0.25) is 0 Å². The molecule has 2 aliphatic rings. The third kappa shape index (κ3) is 3.48. The molecule has 0 aliphatic carbocycles. The van der Waals surface area contributed by atoms with Crippen molar-refractivity contribution >= 4 is 5.82 Å². The Morgan fingerprint density at radius 3 is 2.68 bits per heavy atom. The first-order chi connectivity index (χ1) is 10.9. The molecule has 7 nitrogen and oxygen atoms in total. The van der Waals surface area contributed by atoms with E-state index in [1.807, 2.05) is 0 Å². The second-order valence-electron chi connectivity index (χ2n) is 5.01. The number of piperazine rings is 1. The number of anilines is 1. The van der Waals surface area contributed by atoms with Crippen molar-refractivity contribution in [2.75, 3.05) is 44.2 Å². The summed E-state index contributed by atoms with van der Waals surface area (Å²) >= 11 is 0. The minimum absolute atomic E-state index is 0.255. The summed E-state index contributed by atoms with van der Waals surface area (Å²) in [5.74, 6) is 1.90. The van der Waals surface area contributed by atoms with Crippen LogP contribution in [0.1, 0.15) is 6.92 Å². The Hall–Kier alpha value is -2.28. The predicted octanol–water partition coefficient (Wildman–Crippen LogP) is 1.36. The second-order valence-corrected chi connectivity index (χ2v) is 5.01. The molecule has 3 rings (SSSR count). The summed E-state index contributed by atoms with van der Waals surface area (Å²) in [7, 11) is 0. The van der Waals surface area contributed by atoms with E-state index in [0.717, 1.165) is 38.5 Å². The van der Waals surface area contributed by atoms with Crippen molar-refractivity contribution in [1.82, 2.24) is 14.9 Å². The van der Waals surface area contributed by atoms with E-state index < -0.39 is 0 Å². The lowest BCUT2D eigenvalue weighted by molar-refractivity contribution is 0.200. The fraction of sp³-hybridized carbons (Fsp3) is 0.467. The van der Waals surface area contributed by atoms with E-state index in [1.54, 1.807) is 12.4 Å². The van der Waals surface area contributed by atoms with Crippen LogP contribution in [-0.4, -0.2) is 54.2 Å². The van der Waals surface area contributed by atoms with Crippen molar-refractivity contribution in [1.29, 1.82) is 0 Å². The molecule has 0 atom stereocenters. The van der Waals surface area contributed by atoms with Gasteiger partial charge in [-0.1, -0.05) is 6.92 Å². The summed E-state index contributed by atoms with van der Waals surface area (Å²) < 4.78 is 16.1. The summed E-state index contributed by atoms with van der Waals surface area (Å²) in [5.41, 5.74) is 0. The lowest BCUT2D eigenvalue weighted by Crippen LogP contribution is -2.46. The number of aromatic nitrogens is 2. The predicted molar refractivity (Wildman–Crippen MR) is 81.2 cm³/mol. The monoisotopic (exact) mass is 304 g/mol. The van der Waals surface area contributed by atoms with E-state index in [4.69, 9.17) is 14.2 Å². The Labute approximate surface area is 129 Å². The molecule has 0 N–H and O–H groups in total. The molecule has 22 heavy (non-hydrogen) atoms. The van der Waals surface area contributed by atoms with Crippen LogP contribution in [0.25, 0.3) is 0 Å². The molecule has 1 fully saturated rings. The molecule has 1 saturated heterocycles. The van der Waals surface area contributed by atoms with Gasteiger partial charge >= 0.3 is 0 Å². The first-order valence-corrected chi connectivity index (χ1v) is 7.44. The van der Waals surface area contributed by atoms with E-state index in [1.165, 1.54) is 18.8 Å². The maximum Gasteiger partial charge on any atom is 0.258 e. The molecule has 1 aromatic heterocycles. The molecule has 118 valence electrons. The van der Waals surface area contributed by atoms with Crippen LogP contribution in [0.5, 0.6) is 5.88 Å². The molecule has 2 aliphatic heterocycles. The molecular weight excluding hydrogens is 284 g/mol. The van der Waals surface area contributed by atoms with Gasteiger partial charge in [-0.3, -0.25) is 0 Å². The standard InChI is InChI=1S/C15H20N4O3/c1-2-18-5-7-19(8-6-18)14-15(17-4-3-16-14)22-12-13-11-20-9-10-21-13/h3-4,9-11H,2,5-8,12H2,1H3. The average Bonchev–Trinajstić information content (AvgIpc) is 2.61. The summed E-state index contributed by atoms with van der Waals surface area (Å²) in [6.45, 7) is 7.42. The normalized spacial score (nSPS) is 18.4. The van der Waals surface area contributed by atoms with Crippen molar-refractivity contribution < 1.29 is 14.2 Å². The lowest BCUT2D eigenvalue weighted by Gasteiger charge is -2.34. The largest absolute Gasteiger partial charge is 0.467 e. The molecule has 3 heterocycles. The number of rotatable bonds is 5. The van der Waals surface area contributed by atoms with Crippen molar-refractivity contribution in [3.63, 3.8) is 0 Å². The SMILES string of the molecule is CCN1CCN(c2nccnc2OCC2=COC=CO2)CC1. The summed E-state index contributed by atoms with van der Waals surface area (Å²) in [6.07, 6.45) is 7.77. The molecule has 0 spiro atoms. The zero-order valence-electron chi connectivity index (χ0n) is 12.6. The van der Waals surface area contributed by atoms with Gasteiger partial charge in [0.05, 0.1) is 0 Å². The van der Waals surface area contributed by atoms with Crippen LogP contribution in [0.15, 0.2) is 36.9 Å². The number of likely N-dealkylation sites (N-methyl/N-ethyl adjacent to an activating group) is 1. The first-order valence-electron chi connectivity index (χ1n) is 7.44.